The molecule has 0 aliphatic heterocycles. The Balaban J connectivity index is 2.33. The van der Waals surface area contributed by atoms with Gasteiger partial charge in [-0.1, -0.05) is 25.4 Å². The number of rotatable bonds is 3. The van der Waals surface area contributed by atoms with E-state index in [2.05, 4.69) is 29.1 Å². The Morgan fingerprint density at radius 1 is 1.44 bits per heavy atom. The molecule has 0 saturated carbocycles. The van der Waals surface area contributed by atoms with Crippen LogP contribution in [-0.4, -0.2) is 16.0 Å². The lowest BCUT2D eigenvalue weighted by Crippen LogP contribution is -2.22. The fourth-order valence-electron chi connectivity index (χ4n) is 1.62. The van der Waals surface area contributed by atoms with Crippen molar-refractivity contribution in [3.8, 4) is 0 Å². The minimum absolute atomic E-state index is 0.456. The molecule has 0 amide bonds. The van der Waals surface area contributed by atoms with Gasteiger partial charge in [-0.3, -0.25) is 0 Å². The third-order valence-corrected chi connectivity index (χ3v) is 2.98. The molecule has 0 unspecified atom stereocenters. The second-order valence-electron chi connectivity index (χ2n) is 4.29. The highest BCUT2D eigenvalue weighted by atomic mass is 35.5. The van der Waals surface area contributed by atoms with Crippen LogP contribution in [0.25, 0.3) is 11.0 Å². The van der Waals surface area contributed by atoms with Crippen molar-refractivity contribution in [2.75, 3.05) is 0 Å². The van der Waals surface area contributed by atoms with Crippen molar-refractivity contribution >= 4 is 22.6 Å². The normalized spacial score (nSPS) is 11.6. The highest BCUT2D eigenvalue weighted by Gasteiger charge is 2.07. The Labute approximate surface area is 100 Å². The van der Waals surface area contributed by atoms with Crippen LogP contribution in [-0.2, 0) is 6.54 Å². The van der Waals surface area contributed by atoms with Crippen molar-refractivity contribution in [2.45, 2.75) is 33.4 Å². The van der Waals surface area contributed by atoms with Gasteiger partial charge in [0.1, 0.15) is 5.82 Å². The molecule has 0 fully saturated rings. The average molecular weight is 238 g/mol. The standard InChI is InChI=1S/C12H16ClN3/c1-7(2)14-6-11-15-10-5-4-9(13)8(3)12(10)16-11/h4-5,7,14H,6H2,1-3H3,(H,15,16). The van der Waals surface area contributed by atoms with Gasteiger partial charge in [-0.15, -0.1) is 0 Å². The van der Waals surface area contributed by atoms with Gasteiger partial charge in [-0.25, -0.2) is 4.98 Å². The molecule has 1 aromatic carbocycles. The van der Waals surface area contributed by atoms with Crippen molar-refractivity contribution in [2.24, 2.45) is 0 Å². The smallest absolute Gasteiger partial charge is 0.121 e. The quantitative estimate of drug-likeness (QED) is 0.862. The van der Waals surface area contributed by atoms with E-state index in [1.165, 1.54) is 0 Å². The maximum atomic E-state index is 6.05. The lowest BCUT2D eigenvalue weighted by molar-refractivity contribution is 0.576. The maximum Gasteiger partial charge on any atom is 0.121 e. The van der Waals surface area contributed by atoms with E-state index < -0.39 is 0 Å². The molecule has 0 radical (unpaired) electrons. The molecule has 0 saturated heterocycles. The van der Waals surface area contributed by atoms with E-state index in [1.807, 2.05) is 19.1 Å². The molecular formula is C12H16ClN3. The molecule has 0 aliphatic rings. The van der Waals surface area contributed by atoms with Crippen LogP contribution < -0.4 is 5.32 Å². The second-order valence-corrected chi connectivity index (χ2v) is 4.69. The van der Waals surface area contributed by atoms with Crippen LogP contribution >= 0.6 is 11.6 Å². The molecule has 0 bridgehead atoms. The number of nitrogens with one attached hydrogen (secondary N) is 2. The molecule has 86 valence electrons. The summed E-state index contributed by atoms with van der Waals surface area (Å²) < 4.78 is 0. The number of nitrogens with zero attached hydrogens (tertiary/aromatic N) is 1. The largest absolute Gasteiger partial charge is 0.341 e. The van der Waals surface area contributed by atoms with Gasteiger partial charge < -0.3 is 10.3 Å². The molecule has 1 aromatic heterocycles. The summed E-state index contributed by atoms with van der Waals surface area (Å²) in [7, 11) is 0. The van der Waals surface area contributed by atoms with Crippen LogP contribution in [0.5, 0.6) is 0 Å². The molecule has 3 nitrogen and oxygen atoms in total. The summed E-state index contributed by atoms with van der Waals surface area (Å²) in [5, 5.41) is 4.10. The van der Waals surface area contributed by atoms with Crippen LogP contribution in [0.4, 0.5) is 0 Å². The van der Waals surface area contributed by atoms with Gasteiger partial charge in [-0.05, 0) is 24.6 Å². The van der Waals surface area contributed by atoms with Crippen molar-refractivity contribution in [3.63, 3.8) is 0 Å². The fourth-order valence-corrected chi connectivity index (χ4v) is 1.78. The average Bonchev–Trinajstić information content (AvgIpc) is 2.64. The molecule has 0 spiro atoms. The first kappa shape index (κ1) is 11.4. The first-order valence-electron chi connectivity index (χ1n) is 5.45. The molecule has 2 N–H and O–H groups in total. The van der Waals surface area contributed by atoms with Gasteiger partial charge in [-0.2, -0.15) is 0 Å². The summed E-state index contributed by atoms with van der Waals surface area (Å²) in [4.78, 5) is 7.83. The van der Waals surface area contributed by atoms with Crippen LogP contribution in [0.3, 0.4) is 0 Å². The van der Waals surface area contributed by atoms with E-state index in [9.17, 15) is 0 Å². The topological polar surface area (TPSA) is 40.7 Å². The SMILES string of the molecule is Cc1c(Cl)ccc2[nH]c(CNC(C)C)nc12. The summed E-state index contributed by atoms with van der Waals surface area (Å²) in [6.07, 6.45) is 0. The molecule has 16 heavy (non-hydrogen) atoms. The number of aromatic nitrogens is 2. The van der Waals surface area contributed by atoms with Gasteiger partial charge in [0.2, 0.25) is 0 Å². The number of imidazole rings is 1. The molecule has 0 atom stereocenters. The number of aromatic amines is 1. The predicted molar refractivity (Wildman–Crippen MR) is 67.8 cm³/mol. The lowest BCUT2D eigenvalue weighted by Gasteiger charge is -2.04. The minimum atomic E-state index is 0.456. The van der Waals surface area contributed by atoms with Gasteiger partial charge in [0, 0.05) is 11.1 Å². The number of H-pyrrole nitrogens is 1. The van der Waals surface area contributed by atoms with E-state index in [4.69, 9.17) is 11.6 Å². The Bertz CT molecular complexity index is 502. The van der Waals surface area contributed by atoms with Gasteiger partial charge in [0.15, 0.2) is 0 Å². The molecule has 1 heterocycles. The summed E-state index contributed by atoms with van der Waals surface area (Å²) in [5.74, 6) is 0.953. The van der Waals surface area contributed by atoms with Gasteiger partial charge in [0.25, 0.3) is 0 Å². The summed E-state index contributed by atoms with van der Waals surface area (Å²) >= 11 is 6.05. The van der Waals surface area contributed by atoms with Gasteiger partial charge in [0.05, 0.1) is 17.6 Å². The third-order valence-electron chi connectivity index (χ3n) is 2.57. The molecule has 2 rings (SSSR count). The Kier molecular flexibility index (Phi) is 3.17. The number of hydrogen-bond donors (Lipinski definition) is 2. The van der Waals surface area contributed by atoms with E-state index in [0.29, 0.717) is 6.04 Å². The number of benzene rings is 1. The van der Waals surface area contributed by atoms with Crippen LogP contribution in [0, 0.1) is 6.92 Å². The highest BCUT2D eigenvalue weighted by Crippen LogP contribution is 2.23. The molecule has 2 aromatic rings. The molecule has 0 aliphatic carbocycles. The zero-order valence-electron chi connectivity index (χ0n) is 9.76. The molecule has 4 heteroatoms. The first-order valence-corrected chi connectivity index (χ1v) is 5.83. The number of aryl methyl sites for hydroxylation is 1. The summed E-state index contributed by atoms with van der Waals surface area (Å²) in [6, 6.07) is 4.33. The Morgan fingerprint density at radius 2 is 2.19 bits per heavy atom. The number of hydrogen-bond acceptors (Lipinski definition) is 2. The monoisotopic (exact) mass is 237 g/mol. The highest BCUT2D eigenvalue weighted by molar-refractivity contribution is 6.32. The van der Waals surface area contributed by atoms with E-state index in [-0.39, 0.29) is 0 Å². The maximum absolute atomic E-state index is 6.05. The molecular weight excluding hydrogens is 222 g/mol. The Morgan fingerprint density at radius 3 is 2.88 bits per heavy atom. The fraction of sp³-hybridized carbons (Fsp3) is 0.417. The zero-order valence-corrected chi connectivity index (χ0v) is 10.5. The minimum Gasteiger partial charge on any atom is -0.341 e. The predicted octanol–water partition coefficient (Wildman–Crippen LogP) is 3.02. The summed E-state index contributed by atoms with van der Waals surface area (Å²) in [6.45, 7) is 6.98. The lowest BCUT2D eigenvalue weighted by atomic mass is 10.2. The summed E-state index contributed by atoms with van der Waals surface area (Å²) in [5.41, 5.74) is 3.04. The van der Waals surface area contributed by atoms with Crippen LogP contribution in [0.15, 0.2) is 12.1 Å². The Hall–Kier alpha value is -1.06. The van der Waals surface area contributed by atoms with Crippen molar-refractivity contribution in [1.82, 2.24) is 15.3 Å². The number of halogens is 1. The number of fused-ring (bicyclic) bond motifs is 1. The van der Waals surface area contributed by atoms with Crippen molar-refractivity contribution in [1.29, 1.82) is 0 Å². The first-order chi connectivity index (χ1) is 7.58. The van der Waals surface area contributed by atoms with Crippen LogP contribution in [0.1, 0.15) is 25.2 Å². The second kappa shape index (κ2) is 4.44. The van der Waals surface area contributed by atoms with E-state index in [0.717, 1.165) is 34.0 Å². The third kappa shape index (κ3) is 2.20. The van der Waals surface area contributed by atoms with Crippen LogP contribution in [0.2, 0.25) is 5.02 Å². The van der Waals surface area contributed by atoms with Gasteiger partial charge >= 0.3 is 0 Å². The van der Waals surface area contributed by atoms with E-state index in [1.54, 1.807) is 0 Å². The van der Waals surface area contributed by atoms with Crippen molar-refractivity contribution < 1.29 is 0 Å². The van der Waals surface area contributed by atoms with Crippen molar-refractivity contribution in [3.05, 3.63) is 28.5 Å². The van der Waals surface area contributed by atoms with E-state index >= 15 is 0 Å². The zero-order chi connectivity index (χ0) is 11.7.